The maximum Gasteiger partial charge on any atom is 0.138 e. The summed E-state index contributed by atoms with van der Waals surface area (Å²) < 4.78 is 0.987. The Hall–Kier alpha value is -0.150. The Morgan fingerprint density at radius 1 is 1.45 bits per heavy atom. The van der Waals surface area contributed by atoms with E-state index in [2.05, 4.69) is 31.9 Å². The molecule has 0 amide bonds. The molecule has 0 saturated carbocycles. The lowest BCUT2D eigenvalue weighted by Gasteiger charge is -2.01. The second-order valence-electron chi connectivity index (χ2n) is 2.09. The quantitative estimate of drug-likeness (QED) is 0.600. The standard InChI is InChI=1S/C8H6Br2O/c9-7-3-1-2-6(4-7)8(10)5-11/h1-5,8H. The van der Waals surface area contributed by atoms with Gasteiger partial charge in [-0.25, -0.2) is 0 Å². The first-order chi connectivity index (χ1) is 5.24. The molecule has 1 unspecified atom stereocenters. The lowest BCUT2D eigenvalue weighted by atomic mass is 10.2. The van der Waals surface area contributed by atoms with E-state index in [0.29, 0.717) is 0 Å². The third-order valence-electron chi connectivity index (χ3n) is 1.29. The van der Waals surface area contributed by atoms with Gasteiger partial charge in [-0.1, -0.05) is 44.0 Å². The van der Waals surface area contributed by atoms with E-state index in [-0.39, 0.29) is 4.83 Å². The van der Waals surface area contributed by atoms with Crippen molar-refractivity contribution in [1.29, 1.82) is 0 Å². The minimum atomic E-state index is -0.194. The van der Waals surface area contributed by atoms with Crippen LogP contribution >= 0.6 is 31.9 Å². The van der Waals surface area contributed by atoms with E-state index in [1.54, 1.807) is 0 Å². The van der Waals surface area contributed by atoms with Crippen LogP contribution in [0.3, 0.4) is 0 Å². The number of hydrogen-bond acceptors (Lipinski definition) is 1. The molecule has 0 spiro atoms. The van der Waals surface area contributed by atoms with Crippen molar-refractivity contribution in [2.45, 2.75) is 4.83 Å². The number of alkyl halides is 1. The maximum absolute atomic E-state index is 10.4. The zero-order valence-electron chi connectivity index (χ0n) is 5.63. The Labute approximate surface area is 82.1 Å². The summed E-state index contributed by atoms with van der Waals surface area (Å²) in [6.07, 6.45) is 0.863. The van der Waals surface area contributed by atoms with E-state index >= 15 is 0 Å². The number of carbonyl (C=O) groups is 1. The normalized spacial score (nSPS) is 12.5. The summed E-state index contributed by atoms with van der Waals surface area (Å²) in [6.45, 7) is 0. The molecule has 0 saturated heterocycles. The average Bonchev–Trinajstić information content (AvgIpc) is 2.03. The second-order valence-corrected chi connectivity index (χ2v) is 4.00. The van der Waals surface area contributed by atoms with E-state index in [1.807, 2.05) is 24.3 Å². The van der Waals surface area contributed by atoms with Gasteiger partial charge in [-0.3, -0.25) is 0 Å². The van der Waals surface area contributed by atoms with Crippen LogP contribution in [0.15, 0.2) is 28.7 Å². The molecule has 1 atom stereocenters. The van der Waals surface area contributed by atoms with Crippen LogP contribution in [0.4, 0.5) is 0 Å². The highest BCUT2D eigenvalue weighted by Gasteiger charge is 2.04. The van der Waals surface area contributed by atoms with E-state index in [0.717, 1.165) is 16.3 Å². The van der Waals surface area contributed by atoms with Crippen molar-refractivity contribution >= 4 is 38.1 Å². The first-order valence-electron chi connectivity index (χ1n) is 3.09. The molecule has 0 aliphatic carbocycles. The Morgan fingerprint density at radius 2 is 2.18 bits per heavy atom. The highest BCUT2D eigenvalue weighted by molar-refractivity contribution is 9.10. The van der Waals surface area contributed by atoms with Gasteiger partial charge in [0, 0.05) is 4.47 Å². The number of halogens is 2. The van der Waals surface area contributed by atoms with Crippen LogP contribution in [0.5, 0.6) is 0 Å². The molecule has 0 aliphatic heterocycles. The SMILES string of the molecule is O=CC(Br)c1cccc(Br)c1. The summed E-state index contributed by atoms with van der Waals surface area (Å²) >= 11 is 6.55. The second kappa shape index (κ2) is 4.02. The monoisotopic (exact) mass is 276 g/mol. The van der Waals surface area contributed by atoms with Crippen molar-refractivity contribution in [2.24, 2.45) is 0 Å². The molecule has 1 aromatic carbocycles. The van der Waals surface area contributed by atoms with E-state index in [9.17, 15) is 4.79 Å². The predicted octanol–water partition coefficient (Wildman–Crippen LogP) is 3.08. The third kappa shape index (κ3) is 2.42. The maximum atomic E-state index is 10.4. The lowest BCUT2D eigenvalue weighted by molar-refractivity contribution is -0.107. The van der Waals surface area contributed by atoms with Gasteiger partial charge in [0.15, 0.2) is 0 Å². The Balaban J connectivity index is 2.95. The summed E-state index contributed by atoms with van der Waals surface area (Å²) in [7, 11) is 0. The molecule has 58 valence electrons. The molecule has 0 N–H and O–H groups in total. The van der Waals surface area contributed by atoms with Gasteiger partial charge in [-0.15, -0.1) is 0 Å². The van der Waals surface area contributed by atoms with Gasteiger partial charge in [0.1, 0.15) is 6.29 Å². The number of rotatable bonds is 2. The fourth-order valence-electron chi connectivity index (χ4n) is 0.757. The Kier molecular flexibility index (Phi) is 3.27. The predicted molar refractivity (Wildman–Crippen MR) is 51.9 cm³/mol. The van der Waals surface area contributed by atoms with Crippen molar-refractivity contribution in [1.82, 2.24) is 0 Å². The van der Waals surface area contributed by atoms with Gasteiger partial charge >= 0.3 is 0 Å². The van der Waals surface area contributed by atoms with Crippen molar-refractivity contribution < 1.29 is 4.79 Å². The Morgan fingerprint density at radius 3 is 2.73 bits per heavy atom. The number of carbonyl (C=O) groups excluding carboxylic acids is 1. The molecule has 1 rings (SSSR count). The number of aldehydes is 1. The van der Waals surface area contributed by atoms with Crippen molar-refractivity contribution in [3.05, 3.63) is 34.3 Å². The highest BCUT2D eigenvalue weighted by Crippen LogP contribution is 2.22. The Bertz CT molecular complexity index is 260. The fraction of sp³-hybridized carbons (Fsp3) is 0.125. The molecule has 0 fully saturated rings. The molecular weight excluding hydrogens is 272 g/mol. The molecule has 1 aromatic rings. The molecule has 11 heavy (non-hydrogen) atoms. The minimum absolute atomic E-state index is 0.194. The van der Waals surface area contributed by atoms with E-state index in [4.69, 9.17) is 0 Å². The smallest absolute Gasteiger partial charge is 0.138 e. The van der Waals surface area contributed by atoms with Crippen LogP contribution in [0.1, 0.15) is 10.4 Å². The van der Waals surface area contributed by atoms with Crippen LogP contribution in [-0.2, 0) is 4.79 Å². The molecule has 1 nitrogen and oxygen atoms in total. The summed E-state index contributed by atoms with van der Waals surface area (Å²) in [6, 6.07) is 7.64. The van der Waals surface area contributed by atoms with Gasteiger partial charge in [0.25, 0.3) is 0 Å². The summed E-state index contributed by atoms with van der Waals surface area (Å²) in [5.74, 6) is 0. The first-order valence-corrected chi connectivity index (χ1v) is 4.79. The summed E-state index contributed by atoms with van der Waals surface area (Å²) in [5, 5.41) is 0. The van der Waals surface area contributed by atoms with Crippen molar-refractivity contribution in [3.8, 4) is 0 Å². The van der Waals surface area contributed by atoms with Crippen molar-refractivity contribution in [2.75, 3.05) is 0 Å². The van der Waals surface area contributed by atoms with Gasteiger partial charge < -0.3 is 4.79 Å². The van der Waals surface area contributed by atoms with Crippen LogP contribution in [0, 0.1) is 0 Å². The largest absolute Gasteiger partial charge is 0.302 e. The van der Waals surface area contributed by atoms with Gasteiger partial charge in [-0.2, -0.15) is 0 Å². The number of hydrogen-bond donors (Lipinski definition) is 0. The van der Waals surface area contributed by atoms with E-state index in [1.165, 1.54) is 0 Å². The summed E-state index contributed by atoms with van der Waals surface area (Å²) in [5.41, 5.74) is 0.967. The topological polar surface area (TPSA) is 17.1 Å². The van der Waals surface area contributed by atoms with Crippen LogP contribution < -0.4 is 0 Å². The zero-order chi connectivity index (χ0) is 8.27. The summed E-state index contributed by atoms with van der Waals surface area (Å²) in [4.78, 5) is 10.2. The average molecular weight is 278 g/mol. The molecule has 0 radical (unpaired) electrons. The molecule has 0 bridgehead atoms. The molecule has 3 heteroatoms. The van der Waals surface area contributed by atoms with Crippen LogP contribution in [0.2, 0.25) is 0 Å². The lowest BCUT2D eigenvalue weighted by Crippen LogP contribution is -1.89. The third-order valence-corrected chi connectivity index (χ3v) is 2.52. The van der Waals surface area contributed by atoms with Crippen LogP contribution in [0.25, 0.3) is 0 Å². The van der Waals surface area contributed by atoms with Crippen LogP contribution in [-0.4, -0.2) is 6.29 Å². The van der Waals surface area contributed by atoms with Gasteiger partial charge in [-0.05, 0) is 17.7 Å². The highest BCUT2D eigenvalue weighted by atomic mass is 79.9. The fourth-order valence-corrected chi connectivity index (χ4v) is 1.46. The minimum Gasteiger partial charge on any atom is -0.302 e. The molecular formula is C8H6Br2O. The molecule has 0 aliphatic rings. The molecule has 0 aromatic heterocycles. The van der Waals surface area contributed by atoms with E-state index < -0.39 is 0 Å². The van der Waals surface area contributed by atoms with Crippen molar-refractivity contribution in [3.63, 3.8) is 0 Å². The zero-order valence-corrected chi connectivity index (χ0v) is 8.80. The van der Waals surface area contributed by atoms with Gasteiger partial charge in [0.05, 0.1) is 4.83 Å². The van der Waals surface area contributed by atoms with Gasteiger partial charge in [0.2, 0.25) is 0 Å². The molecule has 0 heterocycles. The number of benzene rings is 1. The first kappa shape index (κ1) is 8.94.